The molecule has 2 aromatic rings. The van der Waals surface area contributed by atoms with Crippen molar-refractivity contribution in [3.8, 4) is 6.07 Å². The van der Waals surface area contributed by atoms with Gasteiger partial charge in [0.2, 0.25) is 0 Å². The van der Waals surface area contributed by atoms with E-state index < -0.39 is 0 Å². The van der Waals surface area contributed by atoms with Crippen molar-refractivity contribution in [3.05, 3.63) is 71.8 Å². The summed E-state index contributed by atoms with van der Waals surface area (Å²) in [5.74, 6) is -0.0877. The van der Waals surface area contributed by atoms with Crippen LogP contribution < -0.4 is 3.61 Å². The first-order chi connectivity index (χ1) is 8.88. The van der Waals surface area contributed by atoms with Gasteiger partial charge in [0, 0.05) is 0 Å². The summed E-state index contributed by atoms with van der Waals surface area (Å²) in [7, 11) is 0. The molecule has 1 aliphatic heterocycles. The monoisotopic (exact) mass is 347 g/mol. The molecule has 1 atom stereocenters. The molecule has 86 valence electrons. The molecule has 1 heterocycles. The molecule has 0 saturated heterocycles. The number of nitriles is 1. The zero-order valence-electron chi connectivity index (χ0n) is 9.71. The van der Waals surface area contributed by atoms with Crippen LogP contribution in [-0.2, 0) is 0 Å². The van der Waals surface area contributed by atoms with E-state index in [9.17, 15) is 5.26 Å². The molecule has 0 aromatic heterocycles. The van der Waals surface area contributed by atoms with Gasteiger partial charge in [0.15, 0.2) is 0 Å². The Bertz CT molecular complexity index is 638. The van der Waals surface area contributed by atoms with Gasteiger partial charge < -0.3 is 0 Å². The Morgan fingerprint density at radius 2 is 1.67 bits per heavy atom. The molecule has 0 aliphatic carbocycles. The first-order valence-electron chi connectivity index (χ1n) is 5.82. The summed E-state index contributed by atoms with van der Waals surface area (Å²) >= 11 is -0.371. The molecule has 1 nitrogen and oxygen atoms in total. The maximum absolute atomic E-state index is 9.32. The Labute approximate surface area is 117 Å². The summed E-state index contributed by atoms with van der Waals surface area (Å²) in [6, 6.07) is 21.2. The molecule has 0 bridgehead atoms. The molecular formula is C16H11NTe. The van der Waals surface area contributed by atoms with Crippen molar-refractivity contribution in [1.29, 1.82) is 5.26 Å². The fourth-order valence-corrected chi connectivity index (χ4v) is 5.38. The maximum atomic E-state index is 9.32. The van der Waals surface area contributed by atoms with E-state index in [1.54, 1.807) is 0 Å². The number of rotatable bonds is 1. The number of hydrogen-bond donors (Lipinski definition) is 0. The molecule has 2 aromatic carbocycles. The van der Waals surface area contributed by atoms with Crippen LogP contribution in [0.5, 0.6) is 0 Å². The molecule has 0 radical (unpaired) electrons. The van der Waals surface area contributed by atoms with Gasteiger partial charge in [-0.1, -0.05) is 0 Å². The molecule has 18 heavy (non-hydrogen) atoms. The van der Waals surface area contributed by atoms with Gasteiger partial charge in [-0.2, -0.15) is 0 Å². The number of allylic oxidation sites excluding steroid dienone is 1. The minimum absolute atomic E-state index is 0.0877. The zero-order valence-corrected chi connectivity index (χ0v) is 12.0. The SMILES string of the molecule is N#CC1C=C(c2ccccc2)[Te]c2ccccc21. The van der Waals surface area contributed by atoms with E-state index in [0.717, 1.165) is 0 Å². The summed E-state index contributed by atoms with van der Waals surface area (Å²) in [5, 5.41) is 9.32. The second kappa shape index (κ2) is 4.99. The van der Waals surface area contributed by atoms with Gasteiger partial charge in [-0.3, -0.25) is 0 Å². The Hall–Kier alpha value is -1.54. The fraction of sp³-hybridized carbons (Fsp3) is 0.0625. The summed E-state index contributed by atoms with van der Waals surface area (Å²) in [6.45, 7) is 0. The van der Waals surface area contributed by atoms with Gasteiger partial charge in [0.25, 0.3) is 0 Å². The molecule has 1 aliphatic rings. The average molecular weight is 345 g/mol. The van der Waals surface area contributed by atoms with Crippen molar-refractivity contribution in [1.82, 2.24) is 0 Å². The fourth-order valence-electron chi connectivity index (χ4n) is 2.09. The van der Waals surface area contributed by atoms with Gasteiger partial charge >= 0.3 is 117 Å². The first-order valence-corrected chi connectivity index (χ1v) is 8.15. The summed E-state index contributed by atoms with van der Waals surface area (Å²) in [4.78, 5) is 0. The van der Waals surface area contributed by atoms with Gasteiger partial charge in [-0.15, -0.1) is 0 Å². The molecule has 0 N–H and O–H groups in total. The Balaban J connectivity index is 2.07. The third-order valence-electron chi connectivity index (χ3n) is 2.99. The number of nitrogens with zero attached hydrogens (tertiary/aromatic N) is 1. The van der Waals surface area contributed by atoms with Gasteiger partial charge in [-0.25, -0.2) is 0 Å². The molecule has 0 fully saturated rings. The second-order valence-corrected chi connectivity index (χ2v) is 7.24. The van der Waals surface area contributed by atoms with Crippen LogP contribution in [0.25, 0.3) is 3.62 Å². The molecule has 1 unspecified atom stereocenters. The number of benzene rings is 2. The number of fused-ring (bicyclic) bond motifs is 1. The van der Waals surface area contributed by atoms with Crippen molar-refractivity contribution in [2.45, 2.75) is 5.92 Å². The molecular weight excluding hydrogens is 334 g/mol. The predicted molar refractivity (Wildman–Crippen MR) is 74.6 cm³/mol. The molecule has 0 amide bonds. The third kappa shape index (κ3) is 2.08. The summed E-state index contributed by atoms with van der Waals surface area (Å²) in [6.07, 6.45) is 2.15. The Kier molecular flexibility index (Phi) is 3.20. The van der Waals surface area contributed by atoms with Crippen LogP contribution in [0.4, 0.5) is 0 Å². The minimum atomic E-state index is -0.371. The average Bonchev–Trinajstić information content (AvgIpc) is 2.47. The van der Waals surface area contributed by atoms with Crippen molar-refractivity contribution < 1.29 is 0 Å². The van der Waals surface area contributed by atoms with E-state index in [1.165, 1.54) is 18.4 Å². The van der Waals surface area contributed by atoms with Crippen LogP contribution >= 0.6 is 0 Å². The van der Waals surface area contributed by atoms with Gasteiger partial charge in [0.1, 0.15) is 0 Å². The van der Waals surface area contributed by atoms with E-state index in [1.807, 2.05) is 12.1 Å². The topological polar surface area (TPSA) is 23.8 Å². The van der Waals surface area contributed by atoms with Crippen LogP contribution in [0, 0.1) is 11.3 Å². The molecule has 0 saturated carbocycles. The third-order valence-corrected chi connectivity index (χ3v) is 6.37. The quantitative estimate of drug-likeness (QED) is 0.730. The Morgan fingerprint density at radius 3 is 2.44 bits per heavy atom. The molecule has 2 heteroatoms. The van der Waals surface area contributed by atoms with E-state index >= 15 is 0 Å². The summed E-state index contributed by atoms with van der Waals surface area (Å²) < 4.78 is 2.78. The van der Waals surface area contributed by atoms with Crippen LogP contribution in [0.1, 0.15) is 17.0 Å². The van der Waals surface area contributed by atoms with Crippen molar-refractivity contribution in [2.75, 3.05) is 0 Å². The Morgan fingerprint density at radius 1 is 0.944 bits per heavy atom. The van der Waals surface area contributed by atoms with Crippen LogP contribution in [-0.4, -0.2) is 20.9 Å². The van der Waals surface area contributed by atoms with Crippen molar-refractivity contribution in [2.24, 2.45) is 0 Å². The number of hydrogen-bond acceptors (Lipinski definition) is 1. The van der Waals surface area contributed by atoms with Crippen LogP contribution in [0.3, 0.4) is 0 Å². The predicted octanol–water partition coefficient (Wildman–Crippen LogP) is 2.68. The van der Waals surface area contributed by atoms with E-state index in [0.29, 0.717) is 0 Å². The van der Waals surface area contributed by atoms with Crippen molar-refractivity contribution in [3.63, 3.8) is 0 Å². The van der Waals surface area contributed by atoms with Crippen LogP contribution in [0.15, 0.2) is 60.7 Å². The normalized spacial score (nSPS) is 17.5. The molecule has 0 spiro atoms. The summed E-state index contributed by atoms with van der Waals surface area (Å²) in [5.41, 5.74) is 2.48. The zero-order chi connectivity index (χ0) is 12.4. The van der Waals surface area contributed by atoms with Gasteiger partial charge in [-0.05, 0) is 0 Å². The first kappa shape index (κ1) is 11.5. The van der Waals surface area contributed by atoms with E-state index in [-0.39, 0.29) is 26.8 Å². The second-order valence-electron chi connectivity index (χ2n) is 4.14. The van der Waals surface area contributed by atoms with Gasteiger partial charge in [0.05, 0.1) is 0 Å². The van der Waals surface area contributed by atoms with E-state index in [2.05, 4.69) is 54.6 Å². The van der Waals surface area contributed by atoms with Crippen molar-refractivity contribution >= 4 is 28.2 Å². The van der Waals surface area contributed by atoms with Crippen LogP contribution in [0.2, 0.25) is 0 Å². The molecule has 3 rings (SSSR count). The standard InChI is InChI=1S/C16H11NTe/c17-11-13-10-16(12-6-2-1-3-7-12)18-15-9-5-4-8-14(13)15/h1-10,13H. The van der Waals surface area contributed by atoms with E-state index in [4.69, 9.17) is 0 Å².